The van der Waals surface area contributed by atoms with E-state index in [4.69, 9.17) is 15.0 Å². The summed E-state index contributed by atoms with van der Waals surface area (Å²) >= 11 is 0. The Morgan fingerprint density at radius 3 is 1.13 bits per heavy atom. The minimum atomic E-state index is 0.620. The highest BCUT2D eigenvalue weighted by Crippen LogP contribution is 2.43. The molecule has 3 heterocycles. The molecule has 5 nitrogen and oxygen atoms in total. The average molecular weight is 868 g/mol. The third-order valence-corrected chi connectivity index (χ3v) is 13.2. The van der Waals surface area contributed by atoms with Crippen LogP contribution in [0.2, 0.25) is 0 Å². The molecule has 13 aromatic rings. The number of aromatic nitrogens is 5. The second-order valence-corrected chi connectivity index (χ2v) is 17.2. The molecule has 0 aliphatic carbocycles. The first-order valence-electron chi connectivity index (χ1n) is 23.0. The van der Waals surface area contributed by atoms with Gasteiger partial charge in [-0.1, -0.05) is 194 Å². The molecule has 0 saturated heterocycles. The Morgan fingerprint density at radius 1 is 0.235 bits per heavy atom. The lowest BCUT2D eigenvalue weighted by atomic mass is 9.99. The Balaban J connectivity index is 1.07. The standard InChI is InChI=1S/C63H41N5/c1-6-18-42(19-7-1)48-34-36-57-53(38-48)54-39-49(43-20-8-2-9-21-43)35-37-58(54)68(57)59-41-55-51-28-16-17-29-56(51)67(50-26-14-5-15-27-50)60(55)40-52(59)44-30-32-47(33-31-44)63-65-61(45-22-10-3-11-23-45)64-62(66-63)46-24-12-4-13-25-46/h1-41H. The van der Waals surface area contributed by atoms with Crippen molar-refractivity contribution in [2.24, 2.45) is 0 Å². The first kappa shape index (κ1) is 39.2. The molecule has 0 saturated carbocycles. The molecule has 0 N–H and O–H groups in total. The summed E-state index contributed by atoms with van der Waals surface area (Å²) in [6.45, 7) is 0. The van der Waals surface area contributed by atoms with Gasteiger partial charge in [-0.15, -0.1) is 0 Å². The molecule has 5 heteroatoms. The maximum atomic E-state index is 5.07. The van der Waals surface area contributed by atoms with Gasteiger partial charge in [0.1, 0.15) is 0 Å². The van der Waals surface area contributed by atoms with Crippen LogP contribution < -0.4 is 0 Å². The van der Waals surface area contributed by atoms with Crippen molar-refractivity contribution in [3.05, 3.63) is 249 Å². The fourth-order valence-corrected chi connectivity index (χ4v) is 9.91. The normalized spacial score (nSPS) is 11.5. The largest absolute Gasteiger partial charge is 0.309 e. The van der Waals surface area contributed by atoms with Crippen LogP contribution in [0, 0.1) is 0 Å². The molecule has 10 aromatic carbocycles. The van der Waals surface area contributed by atoms with Gasteiger partial charge in [0.15, 0.2) is 17.5 Å². The van der Waals surface area contributed by atoms with Gasteiger partial charge in [0.25, 0.3) is 0 Å². The number of nitrogens with zero attached hydrogens (tertiary/aromatic N) is 5. The number of rotatable bonds is 8. The Hall–Kier alpha value is -9.19. The Labute approximate surface area is 393 Å². The van der Waals surface area contributed by atoms with E-state index < -0.39 is 0 Å². The van der Waals surface area contributed by atoms with Crippen molar-refractivity contribution < 1.29 is 0 Å². The van der Waals surface area contributed by atoms with Gasteiger partial charge < -0.3 is 9.13 Å². The van der Waals surface area contributed by atoms with Crippen molar-refractivity contribution in [2.75, 3.05) is 0 Å². The number of hydrogen-bond acceptors (Lipinski definition) is 3. The SMILES string of the molecule is c1ccc(-c2ccc3c(c2)c2cc(-c4ccccc4)ccc2n3-c2cc3c4ccccc4n(-c4ccccc4)c3cc2-c2ccc(-c3nc(-c4ccccc4)nc(-c4ccccc4)n3)cc2)cc1. The molecule has 0 bridgehead atoms. The van der Waals surface area contributed by atoms with E-state index in [9.17, 15) is 0 Å². The lowest BCUT2D eigenvalue weighted by Crippen LogP contribution is -2.01. The lowest BCUT2D eigenvalue weighted by Gasteiger charge is -2.17. The van der Waals surface area contributed by atoms with Crippen LogP contribution >= 0.6 is 0 Å². The third kappa shape index (κ3) is 6.76. The van der Waals surface area contributed by atoms with Crippen LogP contribution in [0.4, 0.5) is 0 Å². The van der Waals surface area contributed by atoms with Crippen LogP contribution in [-0.2, 0) is 0 Å². The van der Waals surface area contributed by atoms with Crippen molar-refractivity contribution in [3.8, 4) is 78.9 Å². The molecule has 68 heavy (non-hydrogen) atoms. The molecule has 0 amide bonds. The minimum Gasteiger partial charge on any atom is -0.309 e. The molecule has 0 aliphatic heterocycles. The van der Waals surface area contributed by atoms with Crippen molar-refractivity contribution in [1.82, 2.24) is 24.1 Å². The number of benzene rings is 10. The quantitative estimate of drug-likeness (QED) is 0.153. The minimum absolute atomic E-state index is 0.620. The highest BCUT2D eigenvalue weighted by atomic mass is 15.0. The van der Waals surface area contributed by atoms with E-state index in [0.717, 1.165) is 61.3 Å². The van der Waals surface area contributed by atoms with Gasteiger partial charge in [-0.05, 0) is 82.4 Å². The molecule has 0 unspecified atom stereocenters. The van der Waals surface area contributed by atoms with Crippen molar-refractivity contribution in [2.45, 2.75) is 0 Å². The highest BCUT2D eigenvalue weighted by Gasteiger charge is 2.22. The first-order chi connectivity index (χ1) is 33.7. The van der Waals surface area contributed by atoms with Gasteiger partial charge in [0.2, 0.25) is 0 Å². The lowest BCUT2D eigenvalue weighted by molar-refractivity contribution is 1.07. The first-order valence-corrected chi connectivity index (χ1v) is 23.0. The van der Waals surface area contributed by atoms with Gasteiger partial charge in [-0.3, -0.25) is 0 Å². The molecule has 0 spiro atoms. The summed E-state index contributed by atoms with van der Waals surface area (Å²) in [5.41, 5.74) is 16.5. The molecule has 0 fully saturated rings. The second-order valence-electron chi connectivity index (χ2n) is 17.2. The molecule has 0 atom stereocenters. The zero-order valence-corrected chi connectivity index (χ0v) is 36.9. The molecule has 13 rings (SSSR count). The smallest absolute Gasteiger partial charge is 0.164 e. The van der Waals surface area contributed by atoms with Crippen LogP contribution in [0.3, 0.4) is 0 Å². The van der Waals surface area contributed by atoms with Gasteiger partial charge in [-0.25, -0.2) is 15.0 Å². The number of para-hydroxylation sites is 2. The van der Waals surface area contributed by atoms with E-state index in [2.05, 4.69) is 197 Å². The van der Waals surface area contributed by atoms with Crippen LogP contribution in [0.15, 0.2) is 249 Å². The molecular formula is C63H41N5. The Kier molecular flexibility index (Phi) is 9.43. The Bertz CT molecular complexity index is 3820. The monoisotopic (exact) mass is 867 g/mol. The van der Waals surface area contributed by atoms with Crippen molar-refractivity contribution in [1.29, 1.82) is 0 Å². The van der Waals surface area contributed by atoms with Gasteiger partial charge in [-0.2, -0.15) is 0 Å². The molecular weight excluding hydrogens is 827 g/mol. The maximum absolute atomic E-state index is 5.07. The van der Waals surface area contributed by atoms with Crippen LogP contribution in [0.25, 0.3) is 123 Å². The number of fused-ring (bicyclic) bond motifs is 6. The van der Waals surface area contributed by atoms with E-state index in [1.165, 1.54) is 43.8 Å². The zero-order valence-electron chi connectivity index (χ0n) is 36.9. The molecule has 0 radical (unpaired) electrons. The maximum Gasteiger partial charge on any atom is 0.164 e. The summed E-state index contributed by atoms with van der Waals surface area (Å²) in [6, 6.07) is 88.5. The van der Waals surface area contributed by atoms with E-state index in [-0.39, 0.29) is 0 Å². The topological polar surface area (TPSA) is 48.5 Å². The summed E-state index contributed by atoms with van der Waals surface area (Å²) in [6.07, 6.45) is 0. The van der Waals surface area contributed by atoms with E-state index in [0.29, 0.717) is 17.5 Å². The predicted molar refractivity (Wildman–Crippen MR) is 281 cm³/mol. The van der Waals surface area contributed by atoms with Crippen molar-refractivity contribution in [3.63, 3.8) is 0 Å². The van der Waals surface area contributed by atoms with E-state index >= 15 is 0 Å². The summed E-state index contributed by atoms with van der Waals surface area (Å²) in [7, 11) is 0. The second kappa shape index (κ2) is 16.4. The van der Waals surface area contributed by atoms with E-state index in [1.807, 2.05) is 60.7 Å². The molecule has 0 aliphatic rings. The van der Waals surface area contributed by atoms with Crippen LogP contribution in [0.1, 0.15) is 0 Å². The van der Waals surface area contributed by atoms with Crippen LogP contribution in [-0.4, -0.2) is 24.1 Å². The van der Waals surface area contributed by atoms with Crippen molar-refractivity contribution >= 4 is 43.6 Å². The summed E-state index contributed by atoms with van der Waals surface area (Å²) in [4.78, 5) is 15.1. The van der Waals surface area contributed by atoms with Gasteiger partial charge in [0.05, 0.1) is 27.8 Å². The predicted octanol–water partition coefficient (Wildman–Crippen LogP) is 16.1. The van der Waals surface area contributed by atoms with E-state index in [1.54, 1.807) is 0 Å². The zero-order chi connectivity index (χ0) is 45.0. The average Bonchev–Trinajstić information content (AvgIpc) is 3.93. The molecule has 318 valence electrons. The van der Waals surface area contributed by atoms with Gasteiger partial charge in [0, 0.05) is 49.5 Å². The summed E-state index contributed by atoms with van der Waals surface area (Å²) in [5.74, 6) is 1.89. The summed E-state index contributed by atoms with van der Waals surface area (Å²) in [5, 5.41) is 4.78. The Morgan fingerprint density at radius 2 is 0.618 bits per heavy atom. The highest BCUT2D eigenvalue weighted by molar-refractivity contribution is 6.15. The summed E-state index contributed by atoms with van der Waals surface area (Å²) < 4.78 is 4.88. The van der Waals surface area contributed by atoms with Crippen LogP contribution in [0.5, 0.6) is 0 Å². The molecule has 3 aromatic heterocycles. The van der Waals surface area contributed by atoms with Gasteiger partial charge >= 0.3 is 0 Å². The number of hydrogen-bond donors (Lipinski definition) is 0. The third-order valence-electron chi connectivity index (χ3n) is 13.2. The fraction of sp³-hybridized carbons (Fsp3) is 0. The fourth-order valence-electron chi connectivity index (χ4n) is 9.91.